The van der Waals surface area contributed by atoms with Gasteiger partial charge in [0.2, 0.25) is 10.0 Å². The monoisotopic (exact) mass is 365 g/mol. The first-order valence-corrected chi connectivity index (χ1v) is 9.39. The van der Waals surface area contributed by atoms with Crippen molar-refractivity contribution in [1.82, 2.24) is 9.97 Å². The standard InChI is InChI=1S/C19H15N3O3S/c20-26(23,24)15-10-8-14(9-11-15)18-17(13-5-2-1-3-6-13)21-19(22-18)16-7-4-12-25-16/h1-12H,(H,21,22)(H2,20,23,24). The second-order valence-corrected chi connectivity index (χ2v) is 7.28. The maximum Gasteiger partial charge on any atom is 0.238 e. The van der Waals surface area contributed by atoms with Crippen LogP contribution in [0.5, 0.6) is 0 Å². The van der Waals surface area contributed by atoms with Crippen molar-refractivity contribution in [2.45, 2.75) is 4.90 Å². The summed E-state index contributed by atoms with van der Waals surface area (Å²) in [6.07, 6.45) is 1.58. The molecule has 0 atom stereocenters. The summed E-state index contributed by atoms with van der Waals surface area (Å²) in [4.78, 5) is 8.01. The number of aromatic amines is 1. The molecule has 0 fully saturated rings. The molecule has 4 rings (SSSR count). The summed E-state index contributed by atoms with van der Waals surface area (Å²) in [5, 5.41) is 5.17. The minimum Gasteiger partial charge on any atom is -0.461 e. The number of nitrogens with zero attached hydrogens (tertiary/aromatic N) is 1. The van der Waals surface area contributed by atoms with Gasteiger partial charge in [0.25, 0.3) is 0 Å². The highest BCUT2D eigenvalue weighted by Crippen LogP contribution is 2.33. The number of nitrogens with two attached hydrogens (primary N) is 1. The molecule has 2 heterocycles. The highest BCUT2D eigenvalue weighted by atomic mass is 32.2. The second-order valence-electron chi connectivity index (χ2n) is 5.72. The van der Waals surface area contributed by atoms with Gasteiger partial charge in [-0.1, -0.05) is 42.5 Å². The Morgan fingerprint density at radius 1 is 0.885 bits per heavy atom. The van der Waals surface area contributed by atoms with E-state index in [0.29, 0.717) is 11.6 Å². The Hall–Kier alpha value is -3.16. The quantitative estimate of drug-likeness (QED) is 0.576. The van der Waals surface area contributed by atoms with E-state index in [1.807, 2.05) is 36.4 Å². The topological polar surface area (TPSA) is 102 Å². The molecule has 0 saturated carbocycles. The summed E-state index contributed by atoms with van der Waals surface area (Å²) in [5.41, 5.74) is 3.25. The predicted octanol–water partition coefficient (Wildman–Crippen LogP) is 3.65. The Morgan fingerprint density at radius 2 is 1.62 bits per heavy atom. The number of benzene rings is 2. The van der Waals surface area contributed by atoms with Crippen molar-refractivity contribution >= 4 is 10.0 Å². The van der Waals surface area contributed by atoms with Crippen LogP contribution < -0.4 is 5.14 Å². The third-order valence-corrected chi connectivity index (χ3v) is 4.91. The van der Waals surface area contributed by atoms with Crippen molar-refractivity contribution in [1.29, 1.82) is 0 Å². The molecule has 26 heavy (non-hydrogen) atoms. The number of primary sulfonamides is 1. The van der Waals surface area contributed by atoms with Crippen LogP contribution in [0.25, 0.3) is 34.1 Å². The first-order chi connectivity index (χ1) is 12.5. The predicted molar refractivity (Wildman–Crippen MR) is 98.5 cm³/mol. The average molecular weight is 365 g/mol. The Kier molecular flexibility index (Phi) is 3.95. The number of rotatable bonds is 4. The van der Waals surface area contributed by atoms with Gasteiger partial charge in [0.05, 0.1) is 22.5 Å². The third-order valence-electron chi connectivity index (χ3n) is 3.98. The van der Waals surface area contributed by atoms with Gasteiger partial charge in [0, 0.05) is 11.1 Å². The SMILES string of the molecule is NS(=O)(=O)c1ccc(-c2[nH]c(-c3ccco3)nc2-c2ccccc2)cc1. The molecular formula is C19H15N3O3S. The molecule has 4 aromatic rings. The number of imidazole rings is 1. The van der Waals surface area contributed by atoms with Crippen LogP contribution in [0.15, 0.2) is 82.3 Å². The lowest BCUT2D eigenvalue weighted by Gasteiger charge is -2.04. The molecule has 0 aliphatic heterocycles. The Balaban J connectivity index is 1.87. The minimum absolute atomic E-state index is 0.0632. The van der Waals surface area contributed by atoms with E-state index in [9.17, 15) is 8.42 Å². The van der Waals surface area contributed by atoms with Crippen LogP contribution in [0.1, 0.15) is 0 Å². The summed E-state index contributed by atoms with van der Waals surface area (Å²) in [5.74, 6) is 1.22. The molecule has 2 aromatic carbocycles. The summed E-state index contributed by atoms with van der Waals surface area (Å²) >= 11 is 0. The number of aromatic nitrogens is 2. The molecule has 0 spiro atoms. The van der Waals surface area contributed by atoms with Crippen molar-refractivity contribution < 1.29 is 12.8 Å². The maximum atomic E-state index is 11.5. The van der Waals surface area contributed by atoms with Crippen molar-refractivity contribution in [3.05, 3.63) is 73.0 Å². The van der Waals surface area contributed by atoms with Gasteiger partial charge in [0.15, 0.2) is 11.6 Å². The first-order valence-electron chi connectivity index (χ1n) is 7.85. The van der Waals surface area contributed by atoms with Crippen LogP contribution in [0.4, 0.5) is 0 Å². The fourth-order valence-corrected chi connectivity index (χ4v) is 3.24. The highest BCUT2D eigenvalue weighted by molar-refractivity contribution is 7.89. The van der Waals surface area contributed by atoms with Crippen LogP contribution in [0.3, 0.4) is 0 Å². The molecule has 0 bridgehead atoms. The lowest BCUT2D eigenvalue weighted by atomic mass is 10.1. The average Bonchev–Trinajstić information content (AvgIpc) is 3.31. The number of sulfonamides is 1. The van der Waals surface area contributed by atoms with E-state index in [1.165, 1.54) is 12.1 Å². The van der Waals surface area contributed by atoms with E-state index < -0.39 is 10.0 Å². The zero-order chi connectivity index (χ0) is 18.1. The molecule has 0 aliphatic carbocycles. The zero-order valence-corrected chi connectivity index (χ0v) is 14.4. The molecule has 3 N–H and O–H groups in total. The molecule has 0 aliphatic rings. The van der Waals surface area contributed by atoms with Gasteiger partial charge in [-0.3, -0.25) is 0 Å². The number of H-pyrrole nitrogens is 1. The van der Waals surface area contributed by atoms with E-state index in [0.717, 1.165) is 22.5 Å². The maximum absolute atomic E-state index is 11.5. The number of furan rings is 1. The fraction of sp³-hybridized carbons (Fsp3) is 0. The summed E-state index contributed by atoms with van der Waals surface area (Å²) < 4.78 is 28.4. The summed E-state index contributed by atoms with van der Waals surface area (Å²) in [7, 11) is -3.74. The van der Waals surface area contributed by atoms with E-state index in [-0.39, 0.29) is 4.90 Å². The van der Waals surface area contributed by atoms with Gasteiger partial charge in [-0.15, -0.1) is 0 Å². The smallest absolute Gasteiger partial charge is 0.238 e. The van der Waals surface area contributed by atoms with Gasteiger partial charge >= 0.3 is 0 Å². The van der Waals surface area contributed by atoms with Gasteiger partial charge in [-0.25, -0.2) is 18.5 Å². The molecule has 2 aromatic heterocycles. The van der Waals surface area contributed by atoms with Crippen LogP contribution in [-0.2, 0) is 10.0 Å². The third kappa shape index (κ3) is 3.05. The first kappa shape index (κ1) is 16.3. The lowest BCUT2D eigenvalue weighted by molar-refractivity contribution is 0.578. The Morgan fingerprint density at radius 3 is 2.23 bits per heavy atom. The van der Waals surface area contributed by atoms with E-state index in [2.05, 4.69) is 9.97 Å². The van der Waals surface area contributed by atoms with Crippen LogP contribution in [0, 0.1) is 0 Å². The zero-order valence-electron chi connectivity index (χ0n) is 13.6. The van der Waals surface area contributed by atoms with Crippen LogP contribution >= 0.6 is 0 Å². The Bertz CT molecular complexity index is 1130. The van der Waals surface area contributed by atoms with Gasteiger partial charge in [0.1, 0.15) is 0 Å². The molecule has 0 unspecified atom stereocenters. The fourth-order valence-electron chi connectivity index (χ4n) is 2.73. The molecule has 0 radical (unpaired) electrons. The summed E-state index contributed by atoms with van der Waals surface area (Å²) in [6.45, 7) is 0. The van der Waals surface area contributed by atoms with E-state index >= 15 is 0 Å². The number of nitrogens with one attached hydrogen (secondary N) is 1. The second kappa shape index (κ2) is 6.29. The normalized spacial score (nSPS) is 11.6. The van der Waals surface area contributed by atoms with Crippen molar-refractivity contribution in [3.63, 3.8) is 0 Å². The molecular weight excluding hydrogens is 350 g/mol. The lowest BCUT2D eigenvalue weighted by Crippen LogP contribution is -2.11. The summed E-state index contributed by atoms with van der Waals surface area (Å²) in [6, 6.07) is 19.7. The number of hydrogen-bond donors (Lipinski definition) is 2. The molecule has 0 saturated heterocycles. The molecule has 6 nitrogen and oxygen atoms in total. The minimum atomic E-state index is -3.74. The highest BCUT2D eigenvalue weighted by Gasteiger charge is 2.17. The van der Waals surface area contributed by atoms with E-state index in [4.69, 9.17) is 9.56 Å². The van der Waals surface area contributed by atoms with Crippen molar-refractivity contribution in [2.75, 3.05) is 0 Å². The van der Waals surface area contributed by atoms with Gasteiger partial charge in [-0.05, 0) is 24.3 Å². The molecule has 130 valence electrons. The van der Waals surface area contributed by atoms with E-state index in [1.54, 1.807) is 24.5 Å². The van der Waals surface area contributed by atoms with Crippen molar-refractivity contribution in [3.8, 4) is 34.1 Å². The van der Waals surface area contributed by atoms with Crippen LogP contribution in [0.2, 0.25) is 0 Å². The van der Waals surface area contributed by atoms with Gasteiger partial charge in [-0.2, -0.15) is 0 Å². The molecule has 0 amide bonds. The van der Waals surface area contributed by atoms with Crippen LogP contribution in [-0.4, -0.2) is 18.4 Å². The van der Waals surface area contributed by atoms with Crippen molar-refractivity contribution in [2.24, 2.45) is 5.14 Å². The molecule has 7 heteroatoms. The Labute approximate surface area is 150 Å². The number of hydrogen-bond acceptors (Lipinski definition) is 4. The van der Waals surface area contributed by atoms with Gasteiger partial charge < -0.3 is 9.40 Å². The largest absolute Gasteiger partial charge is 0.461 e.